The Hall–Kier alpha value is -2.55. The molecule has 0 heterocycles. The van der Waals surface area contributed by atoms with Gasteiger partial charge in [0.2, 0.25) is 0 Å². The van der Waals surface area contributed by atoms with Gasteiger partial charge in [-0.05, 0) is 30.7 Å². The average Bonchev–Trinajstić information content (AvgIpc) is 2.42. The molecule has 6 heteroatoms. The van der Waals surface area contributed by atoms with E-state index in [-0.39, 0.29) is 6.61 Å². The fourth-order valence-corrected chi connectivity index (χ4v) is 1.35. The van der Waals surface area contributed by atoms with E-state index in [0.29, 0.717) is 17.7 Å². The zero-order chi connectivity index (χ0) is 14.3. The summed E-state index contributed by atoms with van der Waals surface area (Å²) in [7, 11) is 0. The summed E-state index contributed by atoms with van der Waals surface area (Å²) in [4.78, 5) is 22.2. The molecule has 1 rings (SSSR count). The van der Waals surface area contributed by atoms with Gasteiger partial charge in [0.25, 0.3) is 5.91 Å². The number of hydrogen-bond donors (Lipinski definition) is 2. The van der Waals surface area contributed by atoms with Gasteiger partial charge in [-0.25, -0.2) is 4.79 Å². The van der Waals surface area contributed by atoms with E-state index in [4.69, 9.17) is 15.1 Å². The van der Waals surface area contributed by atoms with Crippen LogP contribution in [0.15, 0.2) is 24.3 Å². The predicted molar refractivity (Wildman–Crippen MR) is 66.5 cm³/mol. The Bertz CT molecular complexity index is 490. The van der Waals surface area contributed by atoms with Crippen molar-refractivity contribution in [3.05, 3.63) is 29.8 Å². The molecule has 19 heavy (non-hydrogen) atoms. The molecule has 0 saturated carbocycles. The third kappa shape index (κ3) is 4.68. The fraction of sp³-hybridized carbons (Fsp3) is 0.308. The maximum Gasteiger partial charge on any atom is 0.326 e. The van der Waals surface area contributed by atoms with Crippen molar-refractivity contribution in [2.45, 2.75) is 19.4 Å². The van der Waals surface area contributed by atoms with Crippen molar-refractivity contribution in [3.8, 4) is 11.8 Å². The zero-order valence-corrected chi connectivity index (χ0v) is 10.4. The van der Waals surface area contributed by atoms with Crippen molar-refractivity contribution < 1.29 is 19.4 Å². The van der Waals surface area contributed by atoms with Gasteiger partial charge in [-0.3, -0.25) is 4.79 Å². The van der Waals surface area contributed by atoms with Crippen LogP contribution in [0.2, 0.25) is 0 Å². The van der Waals surface area contributed by atoms with E-state index in [1.165, 1.54) is 0 Å². The van der Waals surface area contributed by atoms with Crippen LogP contribution < -0.4 is 10.1 Å². The number of aliphatic carboxylic acids is 1. The smallest absolute Gasteiger partial charge is 0.326 e. The van der Waals surface area contributed by atoms with E-state index in [1.807, 2.05) is 6.07 Å². The van der Waals surface area contributed by atoms with Crippen molar-refractivity contribution in [1.29, 1.82) is 5.26 Å². The minimum Gasteiger partial charge on any atom is -0.484 e. The Labute approximate surface area is 110 Å². The van der Waals surface area contributed by atoms with E-state index in [9.17, 15) is 9.59 Å². The molecule has 0 saturated heterocycles. The number of hydrogen-bond acceptors (Lipinski definition) is 4. The number of carboxylic acid groups (broad SMARTS) is 1. The summed E-state index contributed by atoms with van der Waals surface area (Å²) in [6.45, 7) is 1.40. The number of carbonyl (C=O) groups is 2. The molecule has 6 nitrogen and oxygen atoms in total. The molecule has 0 unspecified atom stereocenters. The van der Waals surface area contributed by atoms with E-state index in [2.05, 4.69) is 5.32 Å². The van der Waals surface area contributed by atoms with Crippen LogP contribution in [-0.4, -0.2) is 29.6 Å². The van der Waals surface area contributed by atoms with Crippen molar-refractivity contribution >= 4 is 11.9 Å². The van der Waals surface area contributed by atoms with Crippen LogP contribution >= 0.6 is 0 Å². The molecule has 1 atom stereocenters. The first-order valence-electron chi connectivity index (χ1n) is 5.72. The topological polar surface area (TPSA) is 99.4 Å². The van der Waals surface area contributed by atoms with Gasteiger partial charge in [0.1, 0.15) is 11.8 Å². The van der Waals surface area contributed by atoms with Crippen molar-refractivity contribution in [3.63, 3.8) is 0 Å². The third-order valence-electron chi connectivity index (χ3n) is 2.39. The van der Waals surface area contributed by atoms with Crippen LogP contribution in [-0.2, 0) is 9.59 Å². The lowest BCUT2D eigenvalue weighted by molar-refractivity contribution is -0.142. The maximum atomic E-state index is 11.5. The summed E-state index contributed by atoms with van der Waals surface area (Å²) in [5.74, 6) is -1.13. The first-order valence-corrected chi connectivity index (χ1v) is 5.72. The first-order chi connectivity index (χ1) is 9.06. The molecular formula is C13H14N2O4. The highest BCUT2D eigenvalue weighted by atomic mass is 16.5. The number of ether oxygens (including phenoxy) is 1. The van der Waals surface area contributed by atoms with Gasteiger partial charge < -0.3 is 15.2 Å². The van der Waals surface area contributed by atoms with E-state index in [0.717, 1.165) is 0 Å². The molecule has 0 spiro atoms. The number of carboxylic acids is 1. The minimum absolute atomic E-state index is 0.268. The normalized spacial score (nSPS) is 11.2. The van der Waals surface area contributed by atoms with Crippen molar-refractivity contribution in [2.24, 2.45) is 0 Å². The summed E-state index contributed by atoms with van der Waals surface area (Å²) in [5.41, 5.74) is 0.494. The van der Waals surface area contributed by atoms with Gasteiger partial charge >= 0.3 is 5.97 Å². The molecule has 2 N–H and O–H groups in total. The lowest BCUT2D eigenvalue weighted by atomic mass is 10.2. The van der Waals surface area contributed by atoms with Crippen LogP contribution in [0.5, 0.6) is 5.75 Å². The SMILES string of the molecule is CC[C@H](NC(=O)COc1ccc(C#N)cc1)C(=O)O. The first kappa shape index (κ1) is 14.5. The molecule has 0 bridgehead atoms. The summed E-state index contributed by atoms with van der Waals surface area (Å²) >= 11 is 0. The van der Waals surface area contributed by atoms with Crippen LogP contribution in [0, 0.1) is 11.3 Å². The molecule has 0 aliphatic carbocycles. The van der Waals surface area contributed by atoms with Crippen LogP contribution in [0.25, 0.3) is 0 Å². The van der Waals surface area contributed by atoms with Crippen LogP contribution in [0.3, 0.4) is 0 Å². The Kier molecular flexibility index (Phi) is 5.35. The van der Waals surface area contributed by atoms with Crippen molar-refractivity contribution in [1.82, 2.24) is 5.32 Å². The highest BCUT2D eigenvalue weighted by molar-refractivity contribution is 5.84. The maximum absolute atomic E-state index is 11.5. The standard InChI is InChI=1S/C13H14N2O4/c1-2-11(13(17)18)15-12(16)8-19-10-5-3-9(7-14)4-6-10/h3-6,11H,2,8H2,1H3,(H,15,16)(H,17,18)/t11-/m0/s1. The Morgan fingerprint density at radius 3 is 2.53 bits per heavy atom. The number of benzene rings is 1. The highest BCUT2D eigenvalue weighted by Crippen LogP contribution is 2.11. The van der Waals surface area contributed by atoms with Gasteiger partial charge in [-0.2, -0.15) is 5.26 Å². The number of carbonyl (C=O) groups excluding carboxylic acids is 1. The largest absolute Gasteiger partial charge is 0.484 e. The quantitative estimate of drug-likeness (QED) is 0.794. The second-order valence-corrected chi connectivity index (χ2v) is 3.79. The lowest BCUT2D eigenvalue weighted by Gasteiger charge is -2.12. The van der Waals surface area contributed by atoms with Gasteiger partial charge in [0.15, 0.2) is 6.61 Å². The molecule has 0 aromatic heterocycles. The second kappa shape index (κ2) is 7.01. The number of nitrogens with zero attached hydrogens (tertiary/aromatic N) is 1. The molecule has 1 aromatic rings. The monoisotopic (exact) mass is 262 g/mol. The molecule has 0 radical (unpaired) electrons. The number of amides is 1. The lowest BCUT2D eigenvalue weighted by Crippen LogP contribution is -2.42. The minimum atomic E-state index is -1.07. The highest BCUT2D eigenvalue weighted by Gasteiger charge is 2.17. The number of nitrogens with one attached hydrogen (secondary N) is 1. The molecule has 1 amide bonds. The van der Waals surface area contributed by atoms with Crippen molar-refractivity contribution in [2.75, 3.05) is 6.61 Å². The van der Waals surface area contributed by atoms with Crippen LogP contribution in [0.1, 0.15) is 18.9 Å². The molecular weight excluding hydrogens is 248 g/mol. The Morgan fingerprint density at radius 1 is 1.42 bits per heavy atom. The van der Waals surface area contributed by atoms with Gasteiger partial charge in [0.05, 0.1) is 11.6 Å². The summed E-state index contributed by atoms with van der Waals surface area (Å²) in [5, 5.41) is 19.7. The zero-order valence-electron chi connectivity index (χ0n) is 10.4. The van der Waals surface area contributed by atoms with Gasteiger partial charge in [-0.15, -0.1) is 0 Å². The molecule has 1 aromatic carbocycles. The van der Waals surface area contributed by atoms with E-state index < -0.39 is 17.9 Å². The summed E-state index contributed by atoms with van der Waals surface area (Å²) in [6, 6.07) is 7.34. The number of nitriles is 1. The Morgan fingerprint density at radius 2 is 2.05 bits per heavy atom. The van der Waals surface area contributed by atoms with E-state index in [1.54, 1.807) is 31.2 Å². The molecule has 0 aliphatic rings. The van der Waals surface area contributed by atoms with Gasteiger partial charge in [0, 0.05) is 0 Å². The fourth-order valence-electron chi connectivity index (χ4n) is 1.35. The Balaban J connectivity index is 2.45. The summed E-state index contributed by atoms with van der Waals surface area (Å²) < 4.78 is 5.18. The van der Waals surface area contributed by atoms with Gasteiger partial charge in [-0.1, -0.05) is 6.92 Å². The van der Waals surface area contributed by atoms with E-state index >= 15 is 0 Å². The average molecular weight is 262 g/mol. The predicted octanol–water partition coefficient (Wildman–Crippen LogP) is 0.916. The second-order valence-electron chi connectivity index (χ2n) is 3.79. The number of rotatable bonds is 6. The molecule has 0 aliphatic heterocycles. The van der Waals surface area contributed by atoms with Crippen LogP contribution in [0.4, 0.5) is 0 Å². The molecule has 100 valence electrons. The summed E-state index contributed by atoms with van der Waals surface area (Å²) in [6.07, 6.45) is 0.304. The molecule has 0 fully saturated rings. The third-order valence-corrected chi connectivity index (χ3v) is 2.39.